The fourth-order valence-corrected chi connectivity index (χ4v) is 2.28. The van der Waals surface area contributed by atoms with Crippen LogP contribution in [0.5, 0.6) is 0 Å². The average Bonchev–Trinajstić information content (AvgIpc) is 2.27. The number of sulfonamides is 1. The Balaban J connectivity index is 2.79. The van der Waals surface area contributed by atoms with Crippen molar-refractivity contribution < 1.29 is 23.4 Å². The molecule has 7 heteroatoms. The number of aliphatic hydroxyl groups excluding tert-OH is 1. The minimum atomic E-state index is -3.70. The first-order valence-corrected chi connectivity index (χ1v) is 6.51. The van der Waals surface area contributed by atoms with Crippen LogP contribution in [0.3, 0.4) is 0 Å². The van der Waals surface area contributed by atoms with Gasteiger partial charge in [-0.15, -0.1) is 0 Å². The lowest BCUT2D eigenvalue weighted by molar-refractivity contribution is -0.136. The van der Waals surface area contributed by atoms with Crippen LogP contribution in [0.15, 0.2) is 24.3 Å². The van der Waals surface area contributed by atoms with Crippen LogP contribution in [0.25, 0.3) is 0 Å². The molecule has 94 valence electrons. The first kappa shape index (κ1) is 13.5. The number of anilines is 1. The Morgan fingerprint density at radius 3 is 2.53 bits per heavy atom. The van der Waals surface area contributed by atoms with Gasteiger partial charge in [-0.25, -0.2) is 8.42 Å². The molecule has 0 amide bonds. The smallest absolute Gasteiger partial charge is 0.304 e. The predicted molar refractivity (Wildman–Crippen MR) is 62.0 cm³/mol. The summed E-state index contributed by atoms with van der Waals surface area (Å²) in [6, 6.07) is 6.37. The van der Waals surface area contributed by atoms with E-state index in [9.17, 15) is 13.2 Å². The second-order valence-corrected chi connectivity index (χ2v) is 5.22. The van der Waals surface area contributed by atoms with Crippen molar-refractivity contribution in [1.29, 1.82) is 0 Å². The third-order valence-electron chi connectivity index (χ3n) is 2.04. The summed E-state index contributed by atoms with van der Waals surface area (Å²) in [6.07, 6.45) is -0.462. The highest BCUT2D eigenvalue weighted by Crippen LogP contribution is 2.16. The molecule has 17 heavy (non-hydrogen) atoms. The van der Waals surface area contributed by atoms with Crippen LogP contribution in [0.1, 0.15) is 12.0 Å². The van der Waals surface area contributed by atoms with Crippen molar-refractivity contribution in [2.24, 2.45) is 0 Å². The Morgan fingerprint density at radius 1 is 1.29 bits per heavy atom. The van der Waals surface area contributed by atoms with Crippen molar-refractivity contribution in [2.45, 2.75) is 13.0 Å². The van der Waals surface area contributed by atoms with Gasteiger partial charge in [0.2, 0.25) is 10.0 Å². The molecule has 1 aromatic rings. The molecule has 3 N–H and O–H groups in total. The maximum absolute atomic E-state index is 11.5. The highest BCUT2D eigenvalue weighted by atomic mass is 32.2. The molecule has 0 spiro atoms. The maximum Gasteiger partial charge on any atom is 0.304 e. The van der Waals surface area contributed by atoms with Gasteiger partial charge >= 0.3 is 5.97 Å². The van der Waals surface area contributed by atoms with Crippen LogP contribution in [-0.4, -0.2) is 30.4 Å². The molecule has 0 aliphatic carbocycles. The van der Waals surface area contributed by atoms with E-state index in [1.165, 1.54) is 6.07 Å². The second kappa shape index (κ2) is 5.65. The third kappa shape index (κ3) is 4.41. The first-order valence-electron chi connectivity index (χ1n) is 4.85. The number of hydrogen-bond acceptors (Lipinski definition) is 4. The molecule has 0 aromatic heterocycles. The lowest BCUT2D eigenvalue weighted by Crippen LogP contribution is -2.19. The van der Waals surface area contributed by atoms with E-state index in [2.05, 4.69) is 4.72 Å². The summed E-state index contributed by atoms with van der Waals surface area (Å²) in [4.78, 5) is 10.3. The predicted octanol–water partition coefficient (Wildman–Crippen LogP) is 0.395. The zero-order chi connectivity index (χ0) is 12.9. The number of benzene rings is 1. The Bertz CT molecular complexity index is 497. The quantitative estimate of drug-likeness (QED) is 0.685. The highest BCUT2D eigenvalue weighted by Gasteiger charge is 2.14. The van der Waals surface area contributed by atoms with Crippen molar-refractivity contribution in [3.05, 3.63) is 29.8 Å². The molecule has 0 saturated carbocycles. The number of aliphatic hydroxyl groups is 1. The SMILES string of the molecule is O=C(O)CCS(=O)(=O)Nc1ccccc1CO. The van der Waals surface area contributed by atoms with E-state index >= 15 is 0 Å². The second-order valence-electron chi connectivity index (χ2n) is 3.38. The zero-order valence-electron chi connectivity index (χ0n) is 8.96. The minimum Gasteiger partial charge on any atom is -0.481 e. The van der Waals surface area contributed by atoms with Gasteiger partial charge in [0.05, 0.1) is 24.5 Å². The maximum atomic E-state index is 11.5. The van der Waals surface area contributed by atoms with E-state index in [-0.39, 0.29) is 12.3 Å². The van der Waals surface area contributed by atoms with Crippen molar-refractivity contribution >= 4 is 21.7 Å². The van der Waals surface area contributed by atoms with Crippen LogP contribution in [0.2, 0.25) is 0 Å². The van der Waals surface area contributed by atoms with Crippen molar-refractivity contribution in [3.63, 3.8) is 0 Å². The summed E-state index contributed by atoms with van der Waals surface area (Å²) >= 11 is 0. The van der Waals surface area contributed by atoms with Crippen LogP contribution in [-0.2, 0) is 21.4 Å². The van der Waals surface area contributed by atoms with Crippen LogP contribution < -0.4 is 4.72 Å². The molecule has 0 radical (unpaired) electrons. The monoisotopic (exact) mass is 259 g/mol. The van der Waals surface area contributed by atoms with Gasteiger partial charge in [-0.2, -0.15) is 0 Å². The van der Waals surface area contributed by atoms with Gasteiger partial charge in [0.15, 0.2) is 0 Å². The number of hydrogen-bond donors (Lipinski definition) is 3. The van der Waals surface area contributed by atoms with Crippen molar-refractivity contribution in [3.8, 4) is 0 Å². The van der Waals surface area contributed by atoms with E-state index < -0.39 is 28.2 Å². The summed E-state index contributed by atoms with van der Waals surface area (Å²) in [6.45, 7) is -0.294. The molecule has 0 saturated heterocycles. The van der Waals surface area contributed by atoms with Crippen molar-refractivity contribution in [2.75, 3.05) is 10.5 Å². The van der Waals surface area contributed by atoms with E-state index in [4.69, 9.17) is 10.2 Å². The average molecular weight is 259 g/mol. The molecule has 0 bridgehead atoms. The number of carboxylic acid groups (broad SMARTS) is 1. The number of carboxylic acids is 1. The third-order valence-corrected chi connectivity index (χ3v) is 3.31. The Hall–Kier alpha value is -1.60. The molecular weight excluding hydrogens is 246 g/mol. The molecule has 0 aliphatic heterocycles. The minimum absolute atomic E-state index is 0.264. The van der Waals surface area contributed by atoms with Gasteiger partial charge in [0.25, 0.3) is 0 Å². The lowest BCUT2D eigenvalue weighted by atomic mass is 10.2. The fourth-order valence-electron chi connectivity index (χ4n) is 1.20. The van der Waals surface area contributed by atoms with Crippen molar-refractivity contribution in [1.82, 2.24) is 0 Å². The van der Waals surface area contributed by atoms with Crippen LogP contribution in [0.4, 0.5) is 5.69 Å². The largest absolute Gasteiger partial charge is 0.481 e. The highest BCUT2D eigenvalue weighted by molar-refractivity contribution is 7.92. The molecule has 0 aliphatic rings. The van der Waals surface area contributed by atoms with Gasteiger partial charge in [0.1, 0.15) is 0 Å². The molecule has 0 unspecified atom stereocenters. The summed E-state index contributed by atoms with van der Waals surface area (Å²) in [5, 5.41) is 17.4. The summed E-state index contributed by atoms with van der Waals surface area (Å²) < 4.78 is 25.3. The number of nitrogens with one attached hydrogen (secondary N) is 1. The fraction of sp³-hybridized carbons (Fsp3) is 0.300. The Morgan fingerprint density at radius 2 is 1.94 bits per heavy atom. The summed E-state index contributed by atoms with van der Waals surface area (Å²) in [7, 11) is -3.70. The molecule has 1 rings (SSSR count). The standard InChI is InChI=1S/C10H13NO5S/c12-7-8-3-1-2-4-9(8)11-17(15,16)6-5-10(13)14/h1-4,11-12H,5-7H2,(H,13,14). The Kier molecular flexibility index (Phi) is 4.47. The number of para-hydroxylation sites is 1. The Labute approximate surface area is 99.0 Å². The van der Waals surface area contributed by atoms with Gasteiger partial charge in [-0.1, -0.05) is 18.2 Å². The molecule has 1 aromatic carbocycles. The molecule has 0 heterocycles. The summed E-state index contributed by atoms with van der Waals surface area (Å²) in [5.74, 6) is -1.67. The van der Waals surface area contributed by atoms with Gasteiger partial charge < -0.3 is 10.2 Å². The zero-order valence-corrected chi connectivity index (χ0v) is 9.77. The number of aliphatic carboxylic acids is 1. The van der Waals surface area contributed by atoms with Crippen LogP contribution in [0, 0.1) is 0 Å². The lowest BCUT2D eigenvalue weighted by Gasteiger charge is -2.10. The van der Waals surface area contributed by atoms with Gasteiger partial charge in [-0.3, -0.25) is 9.52 Å². The van der Waals surface area contributed by atoms with E-state index in [0.717, 1.165) is 0 Å². The normalized spacial score (nSPS) is 11.1. The molecule has 6 nitrogen and oxygen atoms in total. The topological polar surface area (TPSA) is 104 Å². The van der Waals surface area contributed by atoms with E-state index in [1.54, 1.807) is 18.2 Å². The van der Waals surface area contributed by atoms with E-state index in [1.807, 2.05) is 0 Å². The number of rotatable bonds is 6. The molecule has 0 atom stereocenters. The van der Waals surface area contributed by atoms with Gasteiger partial charge in [-0.05, 0) is 6.07 Å². The molecule has 0 fully saturated rings. The van der Waals surface area contributed by atoms with Crippen LogP contribution >= 0.6 is 0 Å². The van der Waals surface area contributed by atoms with E-state index in [0.29, 0.717) is 5.56 Å². The van der Waals surface area contributed by atoms with Gasteiger partial charge in [0, 0.05) is 5.56 Å². The molecular formula is C10H13NO5S. The number of carbonyl (C=O) groups is 1. The first-order chi connectivity index (χ1) is 7.94. The summed E-state index contributed by atoms with van der Waals surface area (Å²) in [5.41, 5.74) is 0.701.